The number of fused-ring (bicyclic) bond motifs is 1. The zero-order chi connectivity index (χ0) is 29.4. The van der Waals surface area contributed by atoms with Gasteiger partial charge in [0, 0.05) is 30.3 Å². The number of hydrogen-bond acceptors (Lipinski definition) is 8. The molecule has 1 N–H and O–H groups in total. The molecule has 0 bridgehead atoms. The van der Waals surface area contributed by atoms with E-state index < -0.39 is 0 Å². The van der Waals surface area contributed by atoms with Gasteiger partial charge in [-0.2, -0.15) is 0 Å². The lowest BCUT2D eigenvalue weighted by Crippen LogP contribution is -2.43. The number of amides is 1. The molecular weight excluding hydrogens is 524 g/mol. The van der Waals surface area contributed by atoms with Crippen molar-refractivity contribution >= 4 is 5.91 Å². The molecule has 9 heteroatoms. The maximum absolute atomic E-state index is 13.3. The summed E-state index contributed by atoms with van der Waals surface area (Å²) >= 11 is 0. The van der Waals surface area contributed by atoms with Crippen LogP contribution in [0, 0.1) is 0 Å². The topological polar surface area (TPSA) is 87.7 Å². The SMILES string of the molecule is CCOc1ccccc1CNC(=O)CN1CCc2c(cc(OC)c(OC)c2OC)C1Cc1ccc(OC)c(OC)c1. The Kier molecular flexibility index (Phi) is 10.2. The third kappa shape index (κ3) is 6.62. The molecule has 0 fully saturated rings. The van der Waals surface area contributed by atoms with Crippen LogP contribution in [-0.4, -0.2) is 66.1 Å². The number of para-hydroxylation sites is 1. The number of carbonyl (C=O) groups is 1. The summed E-state index contributed by atoms with van der Waals surface area (Å²) in [5, 5.41) is 3.08. The largest absolute Gasteiger partial charge is 0.494 e. The first kappa shape index (κ1) is 29.9. The van der Waals surface area contributed by atoms with Crippen molar-refractivity contribution in [2.24, 2.45) is 0 Å². The molecule has 3 aromatic rings. The van der Waals surface area contributed by atoms with Gasteiger partial charge in [0.25, 0.3) is 0 Å². The summed E-state index contributed by atoms with van der Waals surface area (Å²) in [5.74, 6) is 3.85. The van der Waals surface area contributed by atoms with Crippen LogP contribution in [0.5, 0.6) is 34.5 Å². The average Bonchev–Trinajstić information content (AvgIpc) is 3.00. The molecule has 41 heavy (non-hydrogen) atoms. The number of nitrogens with one attached hydrogen (secondary N) is 1. The molecule has 1 aliphatic rings. The first-order chi connectivity index (χ1) is 20.0. The Bertz CT molecular complexity index is 1340. The fraction of sp³-hybridized carbons (Fsp3) is 0.406. The standard InChI is InChI=1S/C32H40N2O7/c1-7-41-26-11-9-8-10-22(26)19-33-30(35)20-34-15-14-23-24(18-29(38-4)32(40-6)31(23)39-5)25(34)16-21-12-13-27(36-2)28(17-21)37-3/h8-13,17-18,25H,7,14-16,19-20H2,1-6H3,(H,33,35). The van der Waals surface area contributed by atoms with Crippen molar-refractivity contribution in [1.29, 1.82) is 0 Å². The molecule has 220 valence electrons. The third-order valence-electron chi connectivity index (χ3n) is 7.39. The Labute approximate surface area is 242 Å². The molecule has 3 aromatic carbocycles. The summed E-state index contributed by atoms with van der Waals surface area (Å²) in [7, 11) is 8.10. The van der Waals surface area contributed by atoms with Crippen LogP contribution < -0.4 is 33.7 Å². The van der Waals surface area contributed by atoms with E-state index in [1.54, 1.807) is 35.5 Å². The van der Waals surface area contributed by atoms with Crippen molar-refractivity contribution in [1.82, 2.24) is 10.2 Å². The molecule has 0 saturated heterocycles. The van der Waals surface area contributed by atoms with Gasteiger partial charge in [-0.1, -0.05) is 24.3 Å². The molecule has 0 aromatic heterocycles. The number of nitrogens with zero attached hydrogens (tertiary/aromatic N) is 1. The molecule has 1 aliphatic heterocycles. The number of carbonyl (C=O) groups excluding carboxylic acids is 1. The Hall–Kier alpha value is -4.11. The van der Waals surface area contributed by atoms with Crippen molar-refractivity contribution in [3.63, 3.8) is 0 Å². The van der Waals surface area contributed by atoms with Crippen molar-refractivity contribution in [2.45, 2.75) is 32.4 Å². The van der Waals surface area contributed by atoms with Crippen molar-refractivity contribution in [3.05, 3.63) is 70.8 Å². The quantitative estimate of drug-likeness (QED) is 0.323. The lowest BCUT2D eigenvalue weighted by molar-refractivity contribution is -0.123. The zero-order valence-corrected chi connectivity index (χ0v) is 24.7. The highest BCUT2D eigenvalue weighted by atomic mass is 16.5. The second-order valence-corrected chi connectivity index (χ2v) is 9.66. The van der Waals surface area contributed by atoms with Gasteiger partial charge in [0.05, 0.1) is 48.7 Å². The van der Waals surface area contributed by atoms with Gasteiger partial charge in [0.1, 0.15) is 5.75 Å². The fourth-order valence-electron chi connectivity index (χ4n) is 5.44. The molecule has 1 amide bonds. The number of ether oxygens (including phenoxy) is 6. The summed E-state index contributed by atoms with van der Waals surface area (Å²) in [6, 6.07) is 15.5. The molecule has 0 aliphatic carbocycles. The third-order valence-corrected chi connectivity index (χ3v) is 7.39. The predicted molar refractivity (Wildman–Crippen MR) is 157 cm³/mol. The van der Waals surface area contributed by atoms with Gasteiger partial charge in [0.15, 0.2) is 23.0 Å². The molecule has 0 spiro atoms. The highest BCUT2D eigenvalue weighted by Crippen LogP contribution is 2.47. The Balaban J connectivity index is 1.65. The van der Waals surface area contributed by atoms with Crippen LogP contribution in [0.2, 0.25) is 0 Å². The minimum atomic E-state index is -0.132. The van der Waals surface area contributed by atoms with Gasteiger partial charge < -0.3 is 33.7 Å². The summed E-state index contributed by atoms with van der Waals surface area (Å²) in [4.78, 5) is 15.5. The van der Waals surface area contributed by atoms with Crippen molar-refractivity contribution < 1.29 is 33.2 Å². The van der Waals surface area contributed by atoms with Gasteiger partial charge in [0.2, 0.25) is 11.7 Å². The monoisotopic (exact) mass is 564 g/mol. The second kappa shape index (κ2) is 14.0. The van der Waals surface area contributed by atoms with Gasteiger partial charge in [-0.15, -0.1) is 0 Å². The van der Waals surface area contributed by atoms with E-state index in [-0.39, 0.29) is 18.5 Å². The number of hydrogen-bond donors (Lipinski definition) is 1. The summed E-state index contributed by atoms with van der Waals surface area (Å²) in [6.45, 7) is 3.79. The molecule has 1 unspecified atom stereocenters. The van der Waals surface area contributed by atoms with Gasteiger partial charge >= 0.3 is 0 Å². The van der Waals surface area contributed by atoms with Gasteiger partial charge in [-0.05, 0) is 55.2 Å². The summed E-state index contributed by atoms with van der Waals surface area (Å²) in [6.07, 6.45) is 1.33. The highest BCUT2D eigenvalue weighted by Gasteiger charge is 2.34. The molecule has 0 radical (unpaired) electrons. The van der Waals surface area contributed by atoms with Crippen LogP contribution >= 0.6 is 0 Å². The van der Waals surface area contributed by atoms with Crippen molar-refractivity contribution in [2.75, 3.05) is 55.2 Å². The minimum Gasteiger partial charge on any atom is -0.494 e. The molecule has 9 nitrogen and oxygen atoms in total. The lowest BCUT2D eigenvalue weighted by Gasteiger charge is -2.38. The van der Waals surface area contributed by atoms with E-state index in [2.05, 4.69) is 10.2 Å². The Morgan fingerprint density at radius 1 is 0.854 bits per heavy atom. The number of benzene rings is 3. The average molecular weight is 565 g/mol. The fourth-order valence-corrected chi connectivity index (χ4v) is 5.44. The Morgan fingerprint density at radius 3 is 2.27 bits per heavy atom. The summed E-state index contributed by atoms with van der Waals surface area (Å²) in [5.41, 5.74) is 4.08. The van der Waals surface area contributed by atoms with Crippen LogP contribution in [0.1, 0.15) is 35.2 Å². The molecular formula is C32H40N2O7. The van der Waals surface area contributed by atoms with Crippen LogP contribution in [0.4, 0.5) is 0 Å². The van der Waals surface area contributed by atoms with E-state index in [4.69, 9.17) is 28.4 Å². The predicted octanol–water partition coefficient (Wildman–Crippen LogP) is 4.59. The summed E-state index contributed by atoms with van der Waals surface area (Å²) < 4.78 is 33.9. The molecule has 1 heterocycles. The first-order valence-electron chi connectivity index (χ1n) is 13.7. The van der Waals surface area contributed by atoms with Crippen LogP contribution in [-0.2, 0) is 24.2 Å². The molecule has 0 saturated carbocycles. The van der Waals surface area contributed by atoms with Crippen molar-refractivity contribution in [3.8, 4) is 34.5 Å². The smallest absolute Gasteiger partial charge is 0.234 e. The maximum atomic E-state index is 13.3. The van der Waals surface area contributed by atoms with E-state index in [1.807, 2.05) is 55.5 Å². The van der Waals surface area contributed by atoms with Gasteiger partial charge in [-0.25, -0.2) is 0 Å². The lowest BCUT2D eigenvalue weighted by atomic mass is 9.87. The second-order valence-electron chi connectivity index (χ2n) is 9.66. The normalized spacial score (nSPS) is 14.5. The van der Waals surface area contributed by atoms with Gasteiger partial charge in [-0.3, -0.25) is 9.69 Å². The number of methoxy groups -OCH3 is 5. The number of rotatable bonds is 13. The van der Waals surface area contributed by atoms with Crippen LogP contribution in [0.3, 0.4) is 0 Å². The highest BCUT2D eigenvalue weighted by molar-refractivity contribution is 5.78. The van der Waals surface area contributed by atoms with E-state index in [1.165, 1.54) is 0 Å². The van der Waals surface area contributed by atoms with E-state index in [9.17, 15) is 4.79 Å². The molecule has 4 rings (SSSR count). The first-order valence-corrected chi connectivity index (χ1v) is 13.7. The Morgan fingerprint density at radius 2 is 1.59 bits per heavy atom. The van der Waals surface area contributed by atoms with E-state index >= 15 is 0 Å². The maximum Gasteiger partial charge on any atom is 0.234 e. The molecule has 1 atom stereocenters. The van der Waals surface area contributed by atoms with E-state index in [0.717, 1.165) is 28.0 Å². The zero-order valence-electron chi connectivity index (χ0n) is 24.7. The van der Waals surface area contributed by atoms with E-state index in [0.29, 0.717) is 61.3 Å². The van der Waals surface area contributed by atoms with Crippen LogP contribution in [0.25, 0.3) is 0 Å². The van der Waals surface area contributed by atoms with Crippen LogP contribution in [0.15, 0.2) is 48.5 Å². The minimum absolute atomic E-state index is 0.0653.